The number of aromatic nitrogens is 6. The third kappa shape index (κ3) is 4.41. The monoisotopic (exact) mass is 471 g/mol. The van der Waals surface area contributed by atoms with E-state index in [1.165, 1.54) is 6.20 Å². The van der Waals surface area contributed by atoms with E-state index < -0.39 is 18.8 Å². The second-order valence-electron chi connectivity index (χ2n) is 8.04. The summed E-state index contributed by atoms with van der Waals surface area (Å²) >= 11 is 0. The molecule has 10 nitrogen and oxygen atoms in total. The number of ether oxygens (including phenoxy) is 2. The molecule has 0 bridgehead atoms. The molecule has 5 heterocycles. The predicted molar refractivity (Wildman–Crippen MR) is 118 cm³/mol. The second kappa shape index (κ2) is 8.95. The van der Waals surface area contributed by atoms with Gasteiger partial charge < -0.3 is 19.9 Å². The Kier molecular flexibility index (Phi) is 5.84. The normalized spacial score (nSPS) is 18.2. The van der Waals surface area contributed by atoms with Gasteiger partial charge in [0.25, 0.3) is 0 Å². The van der Waals surface area contributed by atoms with Crippen molar-refractivity contribution in [1.29, 1.82) is 0 Å². The summed E-state index contributed by atoms with van der Waals surface area (Å²) in [4.78, 5) is 8.60. The van der Waals surface area contributed by atoms with E-state index in [1.54, 1.807) is 41.9 Å². The number of aryl methyl sites for hydroxylation is 2. The van der Waals surface area contributed by atoms with Crippen LogP contribution in [0.2, 0.25) is 0 Å². The Bertz CT molecular complexity index is 1300. The van der Waals surface area contributed by atoms with Crippen LogP contribution in [0.3, 0.4) is 0 Å². The van der Waals surface area contributed by atoms with Crippen molar-refractivity contribution >= 4 is 17.2 Å². The number of halogens is 2. The van der Waals surface area contributed by atoms with Gasteiger partial charge in [-0.05, 0) is 32.4 Å². The summed E-state index contributed by atoms with van der Waals surface area (Å²) in [5.41, 5.74) is 2.10. The number of hydrogen-bond donors (Lipinski definition) is 2. The van der Waals surface area contributed by atoms with E-state index in [0.29, 0.717) is 46.2 Å². The fraction of sp³-hybridized carbons (Fsp3) is 0.364. The van der Waals surface area contributed by atoms with Gasteiger partial charge in [-0.1, -0.05) is 0 Å². The molecule has 0 aromatic carbocycles. The first-order valence-electron chi connectivity index (χ1n) is 10.7. The third-order valence-corrected chi connectivity index (χ3v) is 5.48. The summed E-state index contributed by atoms with van der Waals surface area (Å²) in [7, 11) is 0. The van der Waals surface area contributed by atoms with Crippen LogP contribution >= 0.6 is 0 Å². The van der Waals surface area contributed by atoms with Crippen molar-refractivity contribution in [2.75, 3.05) is 18.5 Å². The van der Waals surface area contributed by atoms with Crippen LogP contribution in [-0.2, 0) is 4.74 Å². The number of hydrogen-bond acceptors (Lipinski definition) is 8. The molecule has 178 valence electrons. The van der Waals surface area contributed by atoms with E-state index in [-0.39, 0.29) is 18.1 Å². The van der Waals surface area contributed by atoms with Crippen LogP contribution in [-0.4, -0.2) is 59.9 Å². The van der Waals surface area contributed by atoms with Gasteiger partial charge in [-0.2, -0.15) is 23.7 Å². The molecule has 1 aliphatic rings. The number of rotatable bonds is 7. The molecule has 1 aliphatic heterocycles. The first-order valence-corrected chi connectivity index (χ1v) is 10.7. The van der Waals surface area contributed by atoms with Gasteiger partial charge >= 0.3 is 6.55 Å². The van der Waals surface area contributed by atoms with Gasteiger partial charge in [0, 0.05) is 36.2 Å². The van der Waals surface area contributed by atoms with Crippen molar-refractivity contribution in [2.45, 2.75) is 39.0 Å². The van der Waals surface area contributed by atoms with E-state index in [0.717, 1.165) is 5.69 Å². The summed E-state index contributed by atoms with van der Waals surface area (Å²) < 4.78 is 40.8. The molecule has 2 N–H and O–H groups in total. The van der Waals surface area contributed by atoms with Crippen molar-refractivity contribution < 1.29 is 23.4 Å². The van der Waals surface area contributed by atoms with Crippen LogP contribution in [0.4, 0.5) is 20.4 Å². The van der Waals surface area contributed by atoms with Crippen LogP contribution in [0.1, 0.15) is 24.5 Å². The molecule has 12 heteroatoms. The molecule has 1 fully saturated rings. The third-order valence-electron chi connectivity index (χ3n) is 5.48. The number of aliphatic hydroxyl groups is 1. The summed E-state index contributed by atoms with van der Waals surface area (Å²) in [5, 5.41) is 21.3. The summed E-state index contributed by atoms with van der Waals surface area (Å²) in [6, 6.07) is 6.96. The Labute approximate surface area is 193 Å². The Morgan fingerprint density at radius 3 is 2.82 bits per heavy atom. The Balaban J connectivity index is 1.44. The van der Waals surface area contributed by atoms with Crippen LogP contribution in [0.25, 0.3) is 16.8 Å². The lowest BCUT2D eigenvalue weighted by atomic mass is 10.1. The highest BCUT2D eigenvalue weighted by molar-refractivity contribution is 5.73. The molecular weight excluding hydrogens is 448 g/mol. The van der Waals surface area contributed by atoms with Crippen molar-refractivity contribution in [3.8, 4) is 17.0 Å². The van der Waals surface area contributed by atoms with E-state index in [1.807, 2.05) is 6.92 Å². The number of pyridine rings is 1. The van der Waals surface area contributed by atoms with Gasteiger partial charge in [0.15, 0.2) is 11.6 Å². The number of anilines is 2. The largest absolute Gasteiger partial charge is 0.487 e. The van der Waals surface area contributed by atoms with Crippen LogP contribution < -0.4 is 10.1 Å². The molecule has 34 heavy (non-hydrogen) atoms. The van der Waals surface area contributed by atoms with Crippen LogP contribution in [0, 0.1) is 13.8 Å². The maximum Gasteiger partial charge on any atom is 0.333 e. The molecule has 0 saturated carbocycles. The molecule has 0 spiro atoms. The maximum atomic E-state index is 13.7. The highest BCUT2D eigenvalue weighted by atomic mass is 19.3. The number of alkyl halides is 2. The predicted octanol–water partition coefficient (Wildman–Crippen LogP) is 3.27. The molecule has 0 aliphatic carbocycles. The molecular formula is C22H23F2N7O3. The second-order valence-corrected chi connectivity index (χ2v) is 8.04. The Hall–Kier alpha value is -3.64. The minimum absolute atomic E-state index is 0.0316. The van der Waals surface area contributed by atoms with Gasteiger partial charge in [-0.15, -0.1) is 0 Å². The number of aliphatic hydroxyl groups excluding tert-OH is 1. The van der Waals surface area contributed by atoms with Crippen molar-refractivity contribution in [2.24, 2.45) is 0 Å². The van der Waals surface area contributed by atoms with Crippen molar-refractivity contribution in [3.05, 3.63) is 48.2 Å². The molecule has 0 radical (unpaired) electrons. The lowest BCUT2D eigenvalue weighted by Gasteiger charge is -2.15. The van der Waals surface area contributed by atoms with Gasteiger partial charge in [0.1, 0.15) is 30.0 Å². The number of fused-ring (bicyclic) bond motifs is 1. The molecule has 1 saturated heterocycles. The standard InChI is InChI=1S/C22H23F2N7O3/c1-12-7-19(27-13(2)26-12)28-20-9-15-8-14(3-5-30(15)29-20)21-17(10-25-31(21)22(23)24)34-11-18-16(32)4-6-33-18/h3,5,7-10,16,18,22,32H,4,6,11H2,1-2H3,(H,26,27,28,29)/t16-,18+/m0/s1. The summed E-state index contributed by atoms with van der Waals surface area (Å²) in [6.07, 6.45) is 2.27. The summed E-state index contributed by atoms with van der Waals surface area (Å²) in [6.45, 7) is 1.29. The first-order chi connectivity index (χ1) is 16.4. The molecule has 0 unspecified atom stereocenters. The van der Waals surface area contributed by atoms with Gasteiger partial charge in [-0.3, -0.25) is 0 Å². The van der Waals surface area contributed by atoms with Crippen LogP contribution in [0.5, 0.6) is 5.75 Å². The average Bonchev–Trinajstić information content (AvgIpc) is 3.48. The quantitative estimate of drug-likeness (QED) is 0.423. The smallest absolute Gasteiger partial charge is 0.333 e. The average molecular weight is 471 g/mol. The highest BCUT2D eigenvalue weighted by Crippen LogP contribution is 2.34. The zero-order valence-electron chi connectivity index (χ0n) is 18.5. The lowest BCUT2D eigenvalue weighted by molar-refractivity contribution is 0.0109. The SMILES string of the molecule is Cc1cc(Nc2cc3cc(-c4c(OC[C@H]5OCC[C@@H]5O)cnn4C(F)F)ccn3n2)nc(C)n1. The zero-order valence-corrected chi connectivity index (χ0v) is 18.5. The van der Waals surface area contributed by atoms with E-state index >= 15 is 0 Å². The van der Waals surface area contributed by atoms with Crippen molar-refractivity contribution in [3.63, 3.8) is 0 Å². The van der Waals surface area contributed by atoms with E-state index in [4.69, 9.17) is 9.47 Å². The minimum Gasteiger partial charge on any atom is -0.487 e. The Morgan fingerprint density at radius 1 is 1.24 bits per heavy atom. The molecule has 4 aromatic rings. The fourth-order valence-corrected chi connectivity index (χ4v) is 3.96. The Morgan fingerprint density at radius 2 is 2.09 bits per heavy atom. The maximum absolute atomic E-state index is 13.7. The molecule has 2 atom stereocenters. The van der Waals surface area contributed by atoms with E-state index in [2.05, 4.69) is 25.5 Å². The first kappa shape index (κ1) is 22.2. The lowest BCUT2D eigenvalue weighted by Crippen LogP contribution is -2.27. The minimum atomic E-state index is -2.86. The molecule has 5 rings (SSSR count). The van der Waals surface area contributed by atoms with Gasteiger partial charge in [0.05, 0.1) is 17.8 Å². The highest BCUT2D eigenvalue weighted by Gasteiger charge is 2.28. The topological polar surface area (TPSA) is 112 Å². The number of nitrogens with one attached hydrogen (secondary N) is 1. The fourth-order valence-electron chi connectivity index (χ4n) is 3.96. The van der Waals surface area contributed by atoms with Gasteiger partial charge in [-0.25, -0.2) is 14.5 Å². The molecule has 0 amide bonds. The zero-order chi connectivity index (χ0) is 23.8. The van der Waals surface area contributed by atoms with Gasteiger partial charge in [0.2, 0.25) is 0 Å². The van der Waals surface area contributed by atoms with Crippen molar-refractivity contribution in [1.82, 2.24) is 29.4 Å². The van der Waals surface area contributed by atoms with Crippen LogP contribution in [0.15, 0.2) is 36.7 Å². The van der Waals surface area contributed by atoms with E-state index in [9.17, 15) is 13.9 Å². The number of nitrogens with zero attached hydrogens (tertiary/aromatic N) is 6. The summed E-state index contributed by atoms with van der Waals surface area (Å²) in [5.74, 6) is 1.96. The molecule has 4 aromatic heterocycles.